The fraction of sp³-hybridized carbons (Fsp3) is 0.577. The van der Waals surface area contributed by atoms with Gasteiger partial charge in [0.1, 0.15) is 5.82 Å². The van der Waals surface area contributed by atoms with E-state index in [0.717, 1.165) is 57.1 Å². The highest BCUT2D eigenvalue weighted by atomic mass is 16.5. The second-order valence-electron chi connectivity index (χ2n) is 10.3. The van der Waals surface area contributed by atoms with E-state index in [4.69, 9.17) is 4.74 Å². The van der Waals surface area contributed by atoms with Gasteiger partial charge in [0.05, 0.1) is 56.0 Å². The summed E-state index contributed by atoms with van der Waals surface area (Å²) in [5, 5.41) is 10.7. The lowest BCUT2D eigenvalue weighted by Crippen LogP contribution is -2.46. The Morgan fingerprint density at radius 3 is 2.51 bits per heavy atom. The third kappa shape index (κ3) is 4.72. The maximum atomic E-state index is 13.0. The molecule has 6 rings (SSSR count). The fourth-order valence-corrected chi connectivity index (χ4v) is 6.03. The molecule has 5 heterocycles. The molecule has 2 aromatic rings. The van der Waals surface area contributed by atoms with Crippen molar-refractivity contribution in [3.8, 4) is 0 Å². The van der Waals surface area contributed by atoms with Crippen molar-refractivity contribution < 1.29 is 14.6 Å². The summed E-state index contributed by atoms with van der Waals surface area (Å²) >= 11 is 0. The van der Waals surface area contributed by atoms with E-state index in [1.165, 1.54) is 11.1 Å². The van der Waals surface area contributed by atoms with Gasteiger partial charge in [0, 0.05) is 39.3 Å². The number of aromatic nitrogens is 2. The third-order valence-electron chi connectivity index (χ3n) is 7.84. The number of nitrogens with zero attached hydrogens (tertiary/aromatic N) is 6. The summed E-state index contributed by atoms with van der Waals surface area (Å²) in [6.07, 6.45) is 6.36. The number of anilines is 1. The minimum Gasteiger partial charge on any atom is -0.390 e. The Bertz CT molecular complexity index is 1030. The first-order valence-electron chi connectivity index (χ1n) is 12.8. The number of amides is 2. The smallest absolute Gasteiger partial charge is 0.320 e. The molecule has 4 aliphatic rings. The van der Waals surface area contributed by atoms with Gasteiger partial charge in [-0.3, -0.25) is 9.88 Å². The molecule has 35 heavy (non-hydrogen) atoms. The lowest BCUT2D eigenvalue weighted by atomic mass is 10.00. The van der Waals surface area contributed by atoms with Crippen molar-refractivity contribution in [1.29, 1.82) is 0 Å². The normalized spacial score (nSPS) is 25.3. The Morgan fingerprint density at radius 1 is 0.971 bits per heavy atom. The van der Waals surface area contributed by atoms with Crippen LogP contribution < -0.4 is 4.90 Å². The predicted octanol–water partition coefficient (Wildman–Crippen LogP) is 1.50. The molecule has 0 aliphatic carbocycles. The predicted molar refractivity (Wildman–Crippen MR) is 131 cm³/mol. The molecule has 3 fully saturated rings. The third-order valence-corrected chi connectivity index (χ3v) is 7.84. The molecule has 1 aromatic heterocycles. The number of benzene rings is 1. The number of aliphatic hydroxyl groups excluding tert-OH is 1. The molecule has 2 amide bonds. The Balaban J connectivity index is 1.00. The van der Waals surface area contributed by atoms with Crippen molar-refractivity contribution in [3.05, 3.63) is 53.5 Å². The van der Waals surface area contributed by atoms with Crippen molar-refractivity contribution in [1.82, 2.24) is 24.7 Å². The van der Waals surface area contributed by atoms with Gasteiger partial charge < -0.3 is 24.5 Å². The number of ether oxygens (including phenoxy) is 1. The maximum Gasteiger partial charge on any atom is 0.320 e. The lowest BCUT2D eigenvalue weighted by molar-refractivity contribution is 0.0811. The zero-order valence-electron chi connectivity index (χ0n) is 20.1. The summed E-state index contributed by atoms with van der Waals surface area (Å²) < 4.78 is 5.67. The molecule has 0 saturated carbocycles. The summed E-state index contributed by atoms with van der Waals surface area (Å²) in [7, 11) is 0. The Morgan fingerprint density at radius 2 is 1.74 bits per heavy atom. The summed E-state index contributed by atoms with van der Waals surface area (Å²) in [6, 6.07) is 9.26. The lowest BCUT2D eigenvalue weighted by Gasteiger charge is -2.35. The van der Waals surface area contributed by atoms with Crippen molar-refractivity contribution in [3.63, 3.8) is 0 Å². The van der Waals surface area contributed by atoms with Crippen LogP contribution >= 0.6 is 0 Å². The summed E-state index contributed by atoms with van der Waals surface area (Å²) in [5.41, 5.74) is 3.52. The monoisotopic (exact) mass is 478 g/mol. The van der Waals surface area contributed by atoms with Crippen LogP contribution in [0.1, 0.15) is 29.7 Å². The van der Waals surface area contributed by atoms with Crippen LogP contribution in [0.3, 0.4) is 0 Å². The van der Waals surface area contributed by atoms with Crippen LogP contribution in [0.5, 0.6) is 0 Å². The minimum absolute atomic E-state index is 0.0369. The second kappa shape index (κ2) is 9.72. The molecule has 1 N–H and O–H groups in total. The van der Waals surface area contributed by atoms with Crippen LogP contribution in [-0.2, 0) is 24.2 Å². The molecule has 9 nitrogen and oxygen atoms in total. The van der Waals surface area contributed by atoms with Gasteiger partial charge >= 0.3 is 6.03 Å². The van der Waals surface area contributed by atoms with E-state index in [1.807, 2.05) is 6.20 Å². The number of hydrogen-bond donors (Lipinski definition) is 1. The van der Waals surface area contributed by atoms with Gasteiger partial charge in [-0.25, -0.2) is 9.78 Å². The number of β-amino-alcohol motifs (C(OH)–C–C–N with tert-alkyl or cyclic N) is 1. The van der Waals surface area contributed by atoms with Gasteiger partial charge in [-0.1, -0.05) is 24.3 Å². The van der Waals surface area contributed by atoms with Gasteiger partial charge in [-0.15, -0.1) is 0 Å². The number of carbonyl (C=O) groups is 1. The van der Waals surface area contributed by atoms with E-state index in [2.05, 4.69) is 44.0 Å². The van der Waals surface area contributed by atoms with Gasteiger partial charge in [0.25, 0.3) is 0 Å². The average Bonchev–Trinajstić information content (AvgIpc) is 3.33. The number of carbonyl (C=O) groups excluding carboxylic acids is 1. The number of rotatable bonds is 7. The Hall–Kier alpha value is -2.75. The molecular formula is C26H34N6O3. The molecule has 0 spiro atoms. The highest BCUT2D eigenvalue weighted by molar-refractivity contribution is 5.76. The Kier molecular flexibility index (Phi) is 6.30. The molecule has 186 valence electrons. The maximum absolute atomic E-state index is 13.0. The van der Waals surface area contributed by atoms with Crippen LogP contribution in [0.25, 0.3) is 0 Å². The number of fused-ring (bicyclic) bond motifs is 3. The van der Waals surface area contributed by atoms with Crippen molar-refractivity contribution in [2.45, 2.75) is 50.5 Å². The first-order chi connectivity index (χ1) is 17.1. The zero-order valence-corrected chi connectivity index (χ0v) is 20.1. The van der Waals surface area contributed by atoms with E-state index < -0.39 is 6.10 Å². The van der Waals surface area contributed by atoms with Gasteiger partial charge in [0.2, 0.25) is 0 Å². The van der Waals surface area contributed by atoms with Crippen LogP contribution in [0.2, 0.25) is 0 Å². The van der Waals surface area contributed by atoms with Crippen LogP contribution in [0, 0.1) is 0 Å². The van der Waals surface area contributed by atoms with E-state index in [9.17, 15) is 9.90 Å². The zero-order chi connectivity index (χ0) is 23.8. The molecule has 2 unspecified atom stereocenters. The number of morpholine rings is 1. The molecule has 9 heteroatoms. The Labute approximate surface area is 206 Å². The van der Waals surface area contributed by atoms with Crippen molar-refractivity contribution in [2.75, 3.05) is 50.8 Å². The second-order valence-corrected chi connectivity index (χ2v) is 10.3. The quantitative estimate of drug-likeness (QED) is 0.646. The van der Waals surface area contributed by atoms with Gasteiger partial charge in [-0.05, 0) is 30.4 Å². The van der Waals surface area contributed by atoms with Crippen LogP contribution in [-0.4, -0.2) is 99.9 Å². The van der Waals surface area contributed by atoms with E-state index >= 15 is 0 Å². The first-order valence-corrected chi connectivity index (χ1v) is 12.8. The minimum atomic E-state index is -0.563. The molecule has 3 atom stereocenters. The van der Waals surface area contributed by atoms with Crippen LogP contribution in [0.15, 0.2) is 36.7 Å². The summed E-state index contributed by atoms with van der Waals surface area (Å²) in [5.74, 6) is 0.905. The summed E-state index contributed by atoms with van der Waals surface area (Å²) in [6.45, 7) is 5.96. The topological polar surface area (TPSA) is 85.3 Å². The fourth-order valence-electron chi connectivity index (χ4n) is 6.03. The molecule has 2 bridgehead atoms. The van der Waals surface area contributed by atoms with Gasteiger partial charge in [0.15, 0.2) is 0 Å². The van der Waals surface area contributed by atoms with E-state index in [1.54, 1.807) is 16.0 Å². The van der Waals surface area contributed by atoms with Gasteiger partial charge in [-0.2, -0.15) is 0 Å². The molecule has 3 saturated heterocycles. The molecule has 1 aromatic carbocycles. The standard InChI is InChI=1S/C26H34N6O3/c33-24(15-29-8-7-19-3-1-2-4-20(19)13-29)16-31-10-9-30(26(31)34)14-21-11-28-25(12-27-21)32-22-5-6-23(32)18-35-17-22/h1-4,11-12,22-24,33H,5-10,13-18H2/t22?,23?,24-/m1/s1. The highest BCUT2D eigenvalue weighted by Crippen LogP contribution is 2.32. The van der Waals surface area contributed by atoms with E-state index in [-0.39, 0.29) is 6.03 Å². The SMILES string of the molecule is O=C1N(Cc2cnc(N3C4CCC3COC4)cn2)CCN1C[C@H](O)CN1CCc2ccccc2C1. The average molecular weight is 479 g/mol. The molecule has 0 radical (unpaired) electrons. The highest BCUT2D eigenvalue weighted by Gasteiger charge is 2.38. The number of urea groups is 1. The number of aliphatic hydroxyl groups is 1. The molecular weight excluding hydrogens is 444 g/mol. The number of hydrogen-bond acceptors (Lipinski definition) is 7. The van der Waals surface area contributed by atoms with Crippen molar-refractivity contribution in [2.24, 2.45) is 0 Å². The van der Waals surface area contributed by atoms with Crippen LogP contribution in [0.4, 0.5) is 10.6 Å². The first kappa shape index (κ1) is 22.7. The van der Waals surface area contributed by atoms with E-state index in [0.29, 0.717) is 44.8 Å². The largest absolute Gasteiger partial charge is 0.390 e. The van der Waals surface area contributed by atoms with Crippen molar-refractivity contribution >= 4 is 11.8 Å². The summed E-state index contributed by atoms with van der Waals surface area (Å²) in [4.78, 5) is 30.4. The molecule has 4 aliphatic heterocycles.